The van der Waals surface area contributed by atoms with Crippen LogP contribution in [-0.2, 0) is 9.53 Å². The molecule has 0 aromatic carbocycles. The minimum atomic E-state index is -0.159. The molecule has 0 N–H and O–H groups in total. The number of hydrogen-bond donors (Lipinski definition) is 0. The second kappa shape index (κ2) is 5.22. The van der Waals surface area contributed by atoms with Crippen LogP contribution in [-0.4, -0.2) is 5.97 Å². The lowest BCUT2D eigenvalue weighted by molar-refractivity contribution is -0.141. The maximum atomic E-state index is 11.5. The highest BCUT2D eigenvalue weighted by atomic mass is 16.5. The molecule has 2 fully saturated rings. The summed E-state index contributed by atoms with van der Waals surface area (Å²) in [5.74, 6) is 4.05. The number of allylic oxidation sites excluding steroid dienone is 4. The average Bonchev–Trinajstić information content (AvgIpc) is 2.83. The maximum Gasteiger partial charge on any atom is 0.307 e. The van der Waals surface area contributed by atoms with Gasteiger partial charge in [-0.15, -0.1) is 0 Å². The van der Waals surface area contributed by atoms with E-state index >= 15 is 0 Å². The Balaban J connectivity index is 1.61. The largest absolute Gasteiger partial charge is 0.431 e. The van der Waals surface area contributed by atoms with Crippen molar-refractivity contribution in [1.82, 2.24) is 0 Å². The summed E-state index contributed by atoms with van der Waals surface area (Å²) in [6.45, 7) is 6.45. The van der Waals surface area contributed by atoms with Crippen molar-refractivity contribution in [2.45, 2.75) is 65.7 Å². The summed E-state index contributed by atoms with van der Waals surface area (Å²) in [6, 6.07) is 0. The molecule has 2 heteroatoms. The van der Waals surface area contributed by atoms with E-state index in [0.29, 0.717) is 11.3 Å². The van der Waals surface area contributed by atoms with E-state index in [4.69, 9.17) is 4.74 Å². The van der Waals surface area contributed by atoms with E-state index in [1.807, 2.05) is 0 Å². The second-order valence-electron chi connectivity index (χ2n) is 8.92. The Hall–Kier alpha value is -1.05. The van der Waals surface area contributed by atoms with Crippen LogP contribution in [0, 0.1) is 34.5 Å². The monoisotopic (exact) mass is 314 g/mol. The highest BCUT2D eigenvalue weighted by Crippen LogP contribution is 2.65. The molecule has 6 atom stereocenters. The standard InChI is InChI=1S/C21H30O2/c1-14(22)23-19-10-9-17-16-8-7-15-6-4-5-12-20(15,2)18(16)11-13-21(17,19)3/h4-5,10,15-18H,6-9,11-13H2,1-3H3/t15-,16+,17+,18+,20+,21+/m0/s1. The number of fused-ring (bicyclic) bond motifs is 5. The topological polar surface area (TPSA) is 26.3 Å². The van der Waals surface area contributed by atoms with E-state index < -0.39 is 0 Å². The zero-order valence-corrected chi connectivity index (χ0v) is 14.8. The van der Waals surface area contributed by atoms with Gasteiger partial charge in [-0.2, -0.15) is 0 Å². The Bertz CT molecular complexity index is 574. The Morgan fingerprint density at radius 2 is 1.96 bits per heavy atom. The van der Waals surface area contributed by atoms with Gasteiger partial charge in [0, 0.05) is 12.3 Å². The van der Waals surface area contributed by atoms with E-state index in [1.165, 1.54) is 45.4 Å². The molecule has 4 rings (SSSR count). The van der Waals surface area contributed by atoms with E-state index in [-0.39, 0.29) is 11.4 Å². The lowest BCUT2D eigenvalue weighted by Gasteiger charge is -2.59. The molecule has 0 radical (unpaired) electrons. The van der Waals surface area contributed by atoms with Crippen molar-refractivity contribution < 1.29 is 9.53 Å². The van der Waals surface area contributed by atoms with E-state index in [2.05, 4.69) is 32.1 Å². The van der Waals surface area contributed by atoms with Gasteiger partial charge in [0.2, 0.25) is 0 Å². The van der Waals surface area contributed by atoms with Gasteiger partial charge < -0.3 is 4.74 Å². The smallest absolute Gasteiger partial charge is 0.307 e. The lowest BCUT2D eigenvalue weighted by Crippen LogP contribution is -2.52. The van der Waals surface area contributed by atoms with Crippen molar-refractivity contribution in [3.05, 3.63) is 24.0 Å². The van der Waals surface area contributed by atoms with Crippen LogP contribution in [0.25, 0.3) is 0 Å². The normalized spacial score (nSPS) is 48.0. The van der Waals surface area contributed by atoms with E-state index in [0.717, 1.165) is 29.9 Å². The number of esters is 1. The fraction of sp³-hybridized carbons (Fsp3) is 0.762. The third kappa shape index (κ3) is 2.16. The minimum Gasteiger partial charge on any atom is -0.431 e. The Labute approximate surface area is 140 Å². The van der Waals surface area contributed by atoms with Gasteiger partial charge in [-0.1, -0.05) is 26.0 Å². The summed E-state index contributed by atoms with van der Waals surface area (Å²) in [7, 11) is 0. The van der Waals surface area contributed by atoms with Crippen molar-refractivity contribution in [2.75, 3.05) is 0 Å². The van der Waals surface area contributed by atoms with Crippen molar-refractivity contribution in [2.24, 2.45) is 34.5 Å². The first-order valence-electron chi connectivity index (χ1n) is 9.49. The minimum absolute atomic E-state index is 0.0978. The number of ether oxygens (including phenoxy) is 1. The third-order valence-electron chi connectivity index (χ3n) is 7.97. The Morgan fingerprint density at radius 1 is 1.13 bits per heavy atom. The highest BCUT2D eigenvalue weighted by molar-refractivity contribution is 5.67. The van der Waals surface area contributed by atoms with Gasteiger partial charge >= 0.3 is 5.97 Å². The average molecular weight is 314 g/mol. The van der Waals surface area contributed by atoms with Gasteiger partial charge in [0.15, 0.2) is 0 Å². The van der Waals surface area contributed by atoms with Crippen LogP contribution >= 0.6 is 0 Å². The van der Waals surface area contributed by atoms with Gasteiger partial charge in [-0.25, -0.2) is 0 Å². The van der Waals surface area contributed by atoms with E-state index in [9.17, 15) is 4.79 Å². The van der Waals surface area contributed by atoms with Crippen LogP contribution in [0.5, 0.6) is 0 Å². The number of rotatable bonds is 1. The van der Waals surface area contributed by atoms with Crippen LogP contribution in [0.1, 0.15) is 65.7 Å². The molecule has 0 aliphatic heterocycles. The van der Waals surface area contributed by atoms with E-state index in [1.54, 1.807) is 0 Å². The van der Waals surface area contributed by atoms with Crippen molar-refractivity contribution >= 4 is 5.97 Å². The lowest BCUT2D eigenvalue weighted by atomic mass is 9.46. The zero-order chi connectivity index (χ0) is 16.2. The molecule has 2 saturated carbocycles. The zero-order valence-electron chi connectivity index (χ0n) is 14.8. The SMILES string of the molecule is CC(=O)OC1=CC[C@@H]2[C@H]3CC[C@@H]4CC=CC[C@@]4(C)[C@@H]3CC[C@@]12C. The van der Waals surface area contributed by atoms with Crippen molar-refractivity contribution in [1.29, 1.82) is 0 Å². The van der Waals surface area contributed by atoms with Gasteiger partial charge in [-0.3, -0.25) is 4.79 Å². The van der Waals surface area contributed by atoms with Crippen molar-refractivity contribution in [3.63, 3.8) is 0 Å². The number of hydrogen-bond acceptors (Lipinski definition) is 2. The van der Waals surface area contributed by atoms with Crippen LogP contribution in [0.4, 0.5) is 0 Å². The summed E-state index contributed by atoms with van der Waals surface area (Å²) in [5.41, 5.74) is 0.601. The predicted molar refractivity (Wildman–Crippen MR) is 91.5 cm³/mol. The molecule has 4 aliphatic rings. The fourth-order valence-corrected chi connectivity index (χ4v) is 6.68. The quantitative estimate of drug-likeness (QED) is 0.488. The third-order valence-corrected chi connectivity index (χ3v) is 7.97. The first kappa shape index (κ1) is 15.5. The highest BCUT2D eigenvalue weighted by Gasteiger charge is 2.58. The second-order valence-corrected chi connectivity index (χ2v) is 8.92. The van der Waals surface area contributed by atoms with Crippen LogP contribution in [0.3, 0.4) is 0 Å². The summed E-state index contributed by atoms with van der Waals surface area (Å²) >= 11 is 0. The molecular weight excluding hydrogens is 284 g/mol. The van der Waals surface area contributed by atoms with Crippen molar-refractivity contribution in [3.8, 4) is 0 Å². The summed E-state index contributed by atoms with van der Waals surface area (Å²) in [4.78, 5) is 11.5. The number of carbonyl (C=O) groups is 1. The van der Waals surface area contributed by atoms with Crippen LogP contribution in [0.2, 0.25) is 0 Å². The fourth-order valence-electron chi connectivity index (χ4n) is 6.68. The van der Waals surface area contributed by atoms with Gasteiger partial charge in [-0.05, 0) is 80.1 Å². The predicted octanol–water partition coefficient (Wildman–Crippen LogP) is 5.25. The first-order valence-corrected chi connectivity index (χ1v) is 9.49. The molecule has 0 unspecified atom stereocenters. The first-order chi connectivity index (χ1) is 10.9. The Kier molecular flexibility index (Phi) is 3.52. The molecule has 0 amide bonds. The van der Waals surface area contributed by atoms with Gasteiger partial charge in [0.25, 0.3) is 0 Å². The van der Waals surface area contributed by atoms with Gasteiger partial charge in [0.05, 0.1) is 0 Å². The number of carbonyl (C=O) groups excluding carboxylic acids is 1. The molecular formula is C21H30O2. The molecule has 126 valence electrons. The van der Waals surface area contributed by atoms with Gasteiger partial charge in [0.1, 0.15) is 5.76 Å². The summed E-state index contributed by atoms with van der Waals surface area (Å²) in [5, 5.41) is 0. The van der Waals surface area contributed by atoms with Crippen LogP contribution in [0.15, 0.2) is 24.0 Å². The summed E-state index contributed by atoms with van der Waals surface area (Å²) in [6.07, 6.45) is 16.0. The molecule has 0 aromatic heterocycles. The molecule has 0 saturated heterocycles. The molecule has 4 aliphatic carbocycles. The van der Waals surface area contributed by atoms with Crippen LogP contribution < -0.4 is 0 Å². The molecule has 0 heterocycles. The molecule has 23 heavy (non-hydrogen) atoms. The maximum absolute atomic E-state index is 11.5. The molecule has 0 aromatic rings. The molecule has 0 spiro atoms. The summed E-state index contributed by atoms with van der Waals surface area (Å²) < 4.78 is 5.61. The Morgan fingerprint density at radius 3 is 2.74 bits per heavy atom. The molecule has 2 nitrogen and oxygen atoms in total. The molecule has 0 bridgehead atoms.